The Balaban J connectivity index is 2.10. The van der Waals surface area contributed by atoms with E-state index in [1.807, 2.05) is 19.2 Å². The molecule has 1 aromatic heterocycles. The molecule has 0 fully saturated rings. The van der Waals surface area contributed by atoms with Crippen molar-refractivity contribution >= 4 is 11.3 Å². The second kappa shape index (κ2) is 6.51. The third-order valence-corrected chi connectivity index (χ3v) is 4.84. The van der Waals surface area contributed by atoms with Gasteiger partial charge in [-0.1, -0.05) is 26.0 Å². The first kappa shape index (κ1) is 15.2. The fourth-order valence-corrected chi connectivity index (χ4v) is 3.40. The molecule has 1 nitrogen and oxygen atoms in total. The predicted octanol–water partition coefficient (Wildman–Crippen LogP) is 4.39. The number of likely N-dealkylation sites (N-methyl/N-ethyl adjacent to an activating group) is 1. The van der Waals surface area contributed by atoms with Gasteiger partial charge in [0.25, 0.3) is 0 Å². The van der Waals surface area contributed by atoms with Crippen molar-refractivity contribution in [2.75, 3.05) is 7.05 Å². The molecule has 1 heterocycles. The molecule has 1 aromatic carbocycles. The third kappa shape index (κ3) is 3.47. The lowest BCUT2D eigenvalue weighted by atomic mass is 9.76. The van der Waals surface area contributed by atoms with Crippen LogP contribution in [0.25, 0.3) is 0 Å². The molecule has 0 aliphatic rings. The first-order valence-corrected chi connectivity index (χ1v) is 7.92. The van der Waals surface area contributed by atoms with E-state index < -0.39 is 0 Å². The number of rotatable bonds is 6. The molecule has 2 aromatic rings. The highest BCUT2D eigenvalue weighted by Gasteiger charge is 2.29. The summed E-state index contributed by atoms with van der Waals surface area (Å²) in [6.45, 7) is 4.43. The highest BCUT2D eigenvalue weighted by molar-refractivity contribution is 7.07. The van der Waals surface area contributed by atoms with E-state index in [1.54, 1.807) is 23.5 Å². The molecular formula is C17H22FNS. The van der Waals surface area contributed by atoms with Gasteiger partial charge in [-0.05, 0) is 60.0 Å². The Hall–Kier alpha value is -1.19. The molecule has 0 bridgehead atoms. The van der Waals surface area contributed by atoms with Crippen molar-refractivity contribution in [3.8, 4) is 0 Å². The van der Waals surface area contributed by atoms with Gasteiger partial charge < -0.3 is 5.32 Å². The molecule has 2 rings (SSSR count). The molecule has 0 aliphatic carbocycles. The van der Waals surface area contributed by atoms with Gasteiger partial charge in [0.05, 0.1) is 0 Å². The Morgan fingerprint density at radius 2 is 1.90 bits per heavy atom. The molecule has 1 N–H and O–H groups in total. The molecule has 20 heavy (non-hydrogen) atoms. The summed E-state index contributed by atoms with van der Waals surface area (Å²) in [5, 5.41) is 7.75. The van der Waals surface area contributed by atoms with Crippen LogP contribution in [0.5, 0.6) is 0 Å². The number of nitrogens with one attached hydrogen (secondary N) is 1. The quantitative estimate of drug-likeness (QED) is 0.832. The van der Waals surface area contributed by atoms with Crippen LogP contribution in [-0.4, -0.2) is 13.1 Å². The smallest absolute Gasteiger partial charge is 0.123 e. The number of hydrogen-bond donors (Lipinski definition) is 1. The maximum atomic E-state index is 13.1. The predicted molar refractivity (Wildman–Crippen MR) is 84.9 cm³/mol. The van der Waals surface area contributed by atoms with Crippen LogP contribution in [0.1, 0.15) is 31.4 Å². The summed E-state index contributed by atoms with van der Waals surface area (Å²) >= 11 is 1.74. The Kier molecular flexibility index (Phi) is 4.95. The highest BCUT2D eigenvalue weighted by atomic mass is 32.1. The van der Waals surface area contributed by atoms with E-state index in [4.69, 9.17) is 0 Å². The lowest BCUT2D eigenvalue weighted by molar-refractivity contribution is 0.340. The zero-order chi connectivity index (χ0) is 14.6. The topological polar surface area (TPSA) is 12.0 Å². The van der Waals surface area contributed by atoms with Gasteiger partial charge in [0, 0.05) is 11.5 Å². The first-order chi connectivity index (χ1) is 9.54. The van der Waals surface area contributed by atoms with Crippen LogP contribution in [0.3, 0.4) is 0 Å². The zero-order valence-corrected chi connectivity index (χ0v) is 13.1. The van der Waals surface area contributed by atoms with Crippen LogP contribution in [0.4, 0.5) is 4.39 Å². The fraction of sp³-hybridized carbons (Fsp3) is 0.412. The third-order valence-electron chi connectivity index (χ3n) is 4.11. The van der Waals surface area contributed by atoms with E-state index in [-0.39, 0.29) is 11.2 Å². The minimum Gasteiger partial charge on any atom is -0.316 e. The van der Waals surface area contributed by atoms with Crippen LogP contribution in [0.2, 0.25) is 0 Å². The van der Waals surface area contributed by atoms with Crippen molar-refractivity contribution in [3.63, 3.8) is 0 Å². The lowest BCUT2D eigenvalue weighted by Crippen LogP contribution is -2.43. The molecular weight excluding hydrogens is 269 g/mol. The summed E-state index contributed by atoms with van der Waals surface area (Å²) in [4.78, 5) is 0. The summed E-state index contributed by atoms with van der Waals surface area (Å²) in [6, 6.07) is 9.41. The maximum absolute atomic E-state index is 13.1. The summed E-state index contributed by atoms with van der Waals surface area (Å²) in [6.07, 6.45) is 2.14. The van der Waals surface area contributed by atoms with Crippen LogP contribution in [0, 0.1) is 5.82 Å². The maximum Gasteiger partial charge on any atom is 0.123 e. The number of hydrogen-bond acceptors (Lipinski definition) is 2. The van der Waals surface area contributed by atoms with Crippen LogP contribution >= 0.6 is 11.3 Å². The van der Waals surface area contributed by atoms with Crippen LogP contribution < -0.4 is 5.32 Å². The molecule has 0 saturated heterocycles. The van der Waals surface area contributed by atoms with E-state index in [1.165, 1.54) is 11.1 Å². The van der Waals surface area contributed by atoms with Gasteiger partial charge >= 0.3 is 0 Å². The van der Waals surface area contributed by atoms with Crippen LogP contribution in [-0.2, 0) is 11.8 Å². The molecule has 0 saturated carbocycles. The van der Waals surface area contributed by atoms with Gasteiger partial charge in [0.1, 0.15) is 5.82 Å². The largest absolute Gasteiger partial charge is 0.316 e. The van der Waals surface area contributed by atoms with Crippen molar-refractivity contribution in [1.82, 2.24) is 5.32 Å². The number of benzene rings is 1. The lowest BCUT2D eigenvalue weighted by Gasteiger charge is -2.35. The van der Waals surface area contributed by atoms with Gasteiger partial charge in [-0.3, -0.25) is 0 Å². The molecule has 0 amide bonds. The van der Waals surface area contributed by atoms with Gasteiger partial charge in [0.2, 0.25) is 0 Å². The molecule has 0 aliphatic heterocycles. The Bertz CT molecular complexity index is 516. The molecule has 3 heteroatoms. The summed E-state index contributed by atoms with van der Waals surface area (Å²) < 4.78 is 13.1. The van der Waals surface area contributed by atoms with E-state index in [0.29, 0.717) is 6.04 Å². The minimum absolute atomic E-state index is 0.0293. The van der Waals surface area contributed by atoms with Crippen molar-refractivity contribution in [3.05, 3.63) is 58.0 Å². The number of halogens is 1. The average molecular weight is 291 g/mol. The van der Waals surface area contributed by atoms with Gasteiger partial charge in [-0.25, -0.2) is 4.39 Å². The summed E-state index contributed by atoms with van der Waals surface area (Å²) in [5.41, 5.74) is 2.53. The van der Waals surface area contributed by atoms with E-state index >= 15 is 0 Å². The fourth-order valence-electron chi connectivity index (χ4n) is 2.69. The first-order valence-electron chi connectivity index (χ1n) is 6.98. The van der Waals surface area contributed by atoms with Crippen molar-refractivity contribution in [2.45, 2.75) is 38.1 Å². The Labute approximate surface area is 124 Å². The zero-order valence-electron chi connectivity index (χ0n) is 12.3. The van der Waals surface area contributed by atoms with E-state index in [2.05, 4.69) is 36.0 Å². The van der Waals surface area contributed by atoms with E-state index in [0.717, 1.165) is 12.8 Å². The van der Waals surface area contributed by atoms with Crippen LogP contribution in [0.15, 0.2) is 41.1 Å². The standard InChI is InChI=1S/C17H22FNS/c1-17(2,14-5-7-15(18)8-6-14)16(19-3)9-4-13-10-11-20-12-13/h5-8,10-12,16,19H,4,9H2,1-3H3. The summed E-state index contributed by atoms with van der Waals surface area (Å²) in [7, 11) is 2.00. The monoisotopic (exact) mass is 291 g/mol. The molecule has 0 spiro atoms. The van der Waals surface area contributed by atoms with E-state index in [9.17, 15) is 4.39 Å². The molecule has 0 radical (unpaired) electrons. The van der Waals surface area contributed by atoms with Crippen molar-refractivity contribution < 1.29 is 4.39 Å². The molecule has 108 valence electrons. The SMILES string of the molecule is CNC(CCc1ccsc1)C(C)(C)c1ccc(F)cc1. The van der Waals surface area contributed by atoms with Crippen molar-refractivity contribution in [1.29, 1.82) is 0 Å². The number of thiophene rings is 1. The minimum atomic E-state index is -0.177. The number of aryl methyl sites for hydroxylation is 1. The second-order valence-electron chi connectivity index (χ2n) is 5.74. The van der Waals surface area contributed by atoms with Gasteiger partial charge in [-0.15, -0.1) is 0 Å². The average Bonchev–Trinajstić information content (AvgIpc) is 2.93. The second-order valence-corrected chi connectivity index (χ2v) is 6.52. The summed E-state index contributed by atoms with van der Waals surface area (Å²) in [5.74, 6) is -0.177. The Morgan fingerprint density at radius 1 is 1.20 bits per heavy atom. The van der Waals surface area contributed by atoms with Crippen molar-refractivity contribution in [2.24, 2.45) is 0 Å². The highest BCUT2D eigenvalue weighted by Crippen LogP contribution is 2.29. The van der Waals surface area contributed by atoms with Gasteiger partial charge in [0.15, 0.2) is 0 Å². The molecule has 1 unspecified atom stereocenters. The van der Waals surface area contributed by atoms with Gasteiger partial charge in [-0.2, -0.15) is 11.3 Å². The molecule has 1 atom stereocenters. The normalized spacial score (nSPS) is 13.4. The Morgan fingerprint density at radius 3 is 2.45 bits per heavy atom.